The smallest absolute Gasteiger partial charge is 0.354 e. The summed E-state index contributed by atoms with van der Waals surface area (Å²) in [5, 5.41) is 10.9. The number of rotatable bonds is 9. The summed E-state index contributed by atoms with van der Waals surface area (Å²) >= 11 is 3.60. The molecule has 5 aromatic rings. The Morgan fingerprint density at radius 3 is 1.86 bits per heavy atom. The van der Waals surface area contributed by atoms with E-state index in [0.717, 1.165) is 21.2 Å². The second-order valence-electron chi connectivity index (χ2n) is 8.58. The molecule has 184 valence electrons. The number of halogens is 1. The maximum absolute atomic E-state index is 12.5. The first-order valence-electron chi connectivity index (χ1n) is 11.9. The molecule has 4 aromatic carbocycles. The molecule has 0 spiro atoms. The Labute approximate surface area is 223 Å². The Hall–Kier alpha value is -4.16. The highest BCUT2D eigenvalue weighted by atomic mass is 79.9. The van der Waals surface area contributed by atoms with E-state index in [2.05, 4.69) is 20.9 Å². The van der Waals surface area contributed by atoms with Crippen molar-refractivity contribution in [3.8, 4) is 11.5 Å². The van der Waals surface area contributed by atoms with Crippen LogP contribution in [0.1, 0.15) is 32.7 Å². The highest BCUT2D eigenvalue weighted by Gasteiger charge is 2.24. The number of carboxylic acids is 1. The third-order valence-electron chi connectivity index (χ3n) is 5.96. The number of hydrogen-bond donors (Lipinski definition) is 1. The van der Waals surface area contributed by atoms with E-state index in [1.165, 1.54) is 0 Å². The fraction of sp³-hybridized carbons (Fsp3) is 0.0968. The average molecular weight is 554 g/mol. The largest absolute Gasteiger partial charge is 0.488 e. The lowest BCUT2D eigenvalue weighted by Gasteiger charge is -2.19. The van der Waals surface area contributed by atoms with E-state index in [-0.39, 0.29) is 12.3 Å². The normalized spacial score (nSPS) is 10.8. The second-order valence-corrected chi connectivity index (χ2v) is 9.50. The third-order valence-corrected chi connectivity index (χ3v) is 6.42. The summed E-state index contributed by atoms with van der Waals surface area (Å²) in [5.74, 6) is -0.151. The van der Waals surface area contributed by atoms with Gasteiger partial charge in [-0.1, -0.05) is 107 Å². The third kappa shape index (κ3) is 5.81. The van der Waals surface area contributed by atoms with Gasteiger partial charge in [0.15, 0.2) is 5.69 Å². The topological polar surface area (TPSA) is 68.7 Å². The molecule has 5 rings (SSSR count). The molecule has 1 heterocycles. The number of carbonyl (C=O) groups is 1. The molecule has 0 aliphatic heterocycles. The predicted octanol–water partition coefficient (Wildman–Crippen LogP) is 7.44. The molecule has 0 radical (unpaired) electrons. The van der Waals surface area contributed by atoms with Gasteiger partial charge in [0.1, 0.15) is 30.2 Å². The molecule has 0 fully saturated rings. The molecule has 1 aromatic heterocycles. The zero-order chi connectivity index (χ0) is 25.6. The fourth-order valence-electron chi connectivity index (χ4n) is 4.19. The first-order valence-corrected chi connectivity index (χ1v) is 12.6. The number of aromatic carboxylic acids is 1. The van der Waals surface area contributed by atoms with Crippen molar-refractivity contribution < 1.29 is 19.4 Å². The average Bonchev–Trinajstić information content (AvgIpc) is 2.92. The van der Waals surface area contributed by atoms with Crippen LogP contribution in [0, 0.1) is 0 Å². The number of nitrogens with zero attached hydrogens (tertiary/aromatic N) is 1. The molecule has 0 amide bonds. The van der Waals surface area contributed by atoms with Gasteiger partial charge in [0.2, 0.25) is 0 Å². The molecule has 0 aliphatic rings. The Morgan fingerprint density at radius 2 is 1.30 bits per heavy atom. The van der Waals surface area contributed by atoms with Gasteiger partial charge >= 0.3 is 5.97 Å². The van der Waals surface area contributed by atoms with Crippen LogP contribution in [0.25, 0.3) is 10.9 Å². The van der Waals surface area contributed by atoms with E-state index in [4.69, 9.17) is 9.47 Å². The summed E-state index contributed by atoms with van der Waals surface area (Å²) in [6, 6.07) is 33.0. The minimum absolute atomic E-state index is 0.0497. The van der Waals surface area contributed by atoms with Crippen LogP contribution in [-0.4, -0.2) is 16.1 Å². The van der Waals surface area contributed by atoms with Crippen molar-refractivity contribution in [3.05, 3.63) is 136 Å². The molecule has 37 heavy (non-hydrogen) atoms. The lowest BCUT2D eigenvalue weighted by atomic mass is 9.99. The van der Waals surface area contributed by atoms with E-state index < -0.39 is 5.97 Å². The van der Waals surface area contributed by atoms with Gasteiger partial charge in [0, 0.05) is 21.8 Å². The first kappa shape index (κ1) is 24.5. The number of aromatic nitrogens is 1. The first-order chi connectivity index (χ1) is 18.1. The lowest BCUT2D eigenvalue weighted by Crippen LogP contribution is -2.11. The molecule has 0 saturated heterocycles. The quantitative estimate of drug-likeness (QED) is 0.205. The number of hydrogen-bond acceptors (Lipinski definition) is 4. The van der Waals surface area contributed by atoms with Crippen LogP contribution in [0.15, 0.2) is 108 Å². The molecule has 0 bridgehead atoms. The number of ether oxygens (including phenoxy) is 2. The van der Waals surface area contributed by atoms with Crippen LogP contribution in [0.5, 0.6) is 11.5 Å². The van der Waals surface area contributed by atoms with Gasteiger partial charge < -0.3 is 14.6 Å². The maximum Gasteiger partial charge on any atom is 0.354 e. The van der Waals surface area contributed by atoms with E-state index in [9.17, 15) is 9.90 Å². The Bertz CT molecular complexity index is 1520. The molecule has 6 heteroatoms. The highest BCUT2D eigenvalue weighted by Crippen LogP contribution is 2.39. The molecular weight excluding hydrogens is 530 g/mol. The van der Waals surface area contributed by atoms with Gasteiger partial charge in [-0.2, -0.15) is 0 Å². The van der Waals surface area contributed by atoms with Gasteiger partial charge in [-0.25, -0.2) is 9.78 Å². The van der Waals surface area contributed by atoms with Crippen molar-refractivity contribution in [3.63, 3.8) is 0 Å². The Kier molecular flexibility index (Phi) is 7.47. The summed E-state index contributed by atoms with van der Waals surface area (Å²) in [5.41, 5.74) is 3.85. The lowest BCUT2D eigenvalue weighted by molar-refractivity contribution is 0.0689. The Balaban J connectivity index is 1.65. The van der Waals surface area contributed by atoms with Crippen LogP contribution in [0.4, 0.5) is 0 Å². The molecule has 1 N–H and O–H groups in total. The van der Waals surface area contributed by atoms with E-state index >= 15 is 0 Å². The minimum atomic E-state index is -1.12. The predicted molar refractivity (Wildman–Crippen MR) is 147 cm³/mol. The van der Waals surface area contributed by atoms with Crippen molar-refractivity contribution in [1.29, 1.82) is 0 Å². The van der Waals surface area contributed by atoms with Gasteiger partial charge in [-0.3, -0.25) is 0 Å². The zero-order valence-corrected chi connectivity index (χ0v) is 21.5. The summed E-state index contributed by atoms with van der Waals surface area (Å²) < 4.78 is 13.3. The van der Waals surface area contributed by atoms with Crippen molar-refractivity contribution in [2.24, 2.45) is 0 Å². The van der Waals surface area contributed by atoms with E-state index in [1.807, 2.05) is 103 Å². The second kappa shape index (κ2) is 11.3. The van der Waals surface area contributed by atoms with Gasteiger partial charge in [-0.05, 0) is 28.8 Å². The number of pyridine rings is 1. The number of carboxylic acid groups (broad SMARTS) is 1. The van der Waals surface area contributed by atoms with Crippen LogP contribution >= 0.6 is 15.9 Å². The van der Waals surface area contributed by atoms with Crippen LogP contribution in [-0.2, 0) is 19.6 Å². The summed E-state index contributed by atoms with van der Waals surface area (Å²) in [7, 11) is 0. The van der Waals surface area contributed by atoms with Crippen molar-refractivity contribution in [2.45, 2.75) is 19.6 Å². The summed E-state index contributed by atoms with van der Waals surface area (Å²) in [4.78, 5) is 17.1. The molecule has 0 unspecified atom stereocenters. The molecular formula is C31H24BrNO4. The summed E-state index contributed by atoms with van der Waals surface area (Å²) in [6.07, 6.45) is 0.363. The van der Waals surface area contributed by atoms with E-state index in [0.29, 0.717) is 41.0 Å². The maximum atomic E-state index is 12.5. The van der Waals surface area contributed by atoms with Crippen molar-refractivity contribution in [2.75, 3.05) is 0 Å². The molecule has 0 aliphatic carbocycles. The van der Waals surface area contributed by atoms with Crippen molar-refractivity contribution in [1.82, 2.24) is 4.98 Å². The summed E-state index contributed by atoms with van der Waals surface area (Å²) in [6.45, 7) is 0.607. The zero-order valence-electron chi connectivity index (χ0n) is 19.9. The van der Waals surface area contributed by atoms with Crippen LogP contribution in [0.3, 0.4) is 0 Å². The molecule has 0 saturated carbocycles. The van der Waals surface area contributed by atoms with Gasteiger partial charge in [0.25, 0.3) is 0 Å². The van der Waals surface area contributed by atoms with E-state index in [1.54, 1.807) is 0 Å². The van der Waals surface area contributed by atoms with Crippen LogP contribution in [0.2, 0.25) is 0 Å². The van der Waals surface area contributed by atoms with Crippen molar-refractivity contribution >= 4 is 32.8 Å². The minimum Gasteiger partial charge on any atom is -0.488 e. The van der Waals surface area contributed by atoms with Gasteiger partial charge in [-0.15, -0.1) is 0 Å². The number of benzene rings is 4. The van der Waals surface area contributed by atoms with Gasteiger partial charge in [0.05, 0.1) is 0 Å². The molecule has 5 nitrogen and oxygen atoms in total. The Morgan fingerprint density at radius 1 is 0.757 bits per heavy atom. The molecule has 0 atom stereocenters. The standard InChI is InChI=1S/C31H24BrNO4/c32-24-17-26-28(27(18-24)36-19-22-12-6-2-7-13-22)33-29(31(34)35)25(16-21-10-4-1-5-11-21)30(26)37-20-23-14-8-3-9-15-23/h1-15,17-18H,16,19-20H2,(H,34,35). The monoisotopic (exact) mass is 553 g/mol. The fourth-order valence-corrected chi connectivity index (χ4v) is 4.63. The number of fused-ring (bicyclic) bond motifs is 1. The highest BCUT2D eigenvalue weighted by molar-refractivity contribution is 9.10. The van der Waals surface area contributed by atoms with Crippen LogP contribution < -0.4 is 9.47 Å². The SMILES string of the molecule is O=C(O)c1nc2c(OCc3ccccc3)cc(Br)cc2c(OCc2ccccc2)c1Cc1ccccc1.